The van der Waals surface area contributed by atoms with Gasteiger partial charge in [0, 0.05) is 13.1 Å². The Balaban J connectivity index is 2.49. The molecule has 0 saturated carbocycles. The highest BCUT2D eigenvalue weighted by atomic mass is 19.4. The second kappa shape index (κ2) is 5.31. The van der Waals surface area contributed by atoms with Gasteiger partial charge in [-0.25, -0.2) is 4.39 Å². The molecule has 2 rings (SSSR count). The molecule has 20 heavy (non-hydrogen) atoms. The molecule has 1 radical (unpaired) electrons. The van der Waals surface area contributed by atoms with Crippen LogP contribution in [0.5, 0.6) is 0 Å². The number of piperidine rings is 1. The highest BCUT2D eigenvalue weighted by molar-refractivity contribution is 5.56. The number of anilines is 1. The topological polar surface area (TPSA) is 27.0 Å². The van der Waals surface area contributed by atoms with Gasteiger partial charge in [0.2, 0.25) is 0 Å². The van der Waals surface area contributed by atoms with Crippen molar-refractivity contribution < 1.29 is 17.6 Å². The Hall–Kier alpha value is -1.77. The zero-order valence-corrected chi connectivity index (χ0v) is 10.8. The second-order valence-corrected chi connectivity index (χ2v) is 4.88. The Labute approximate surface area is 114 Å². The van der Waals surface area contributed by atoms with Gasteiger partial charge in [0.05, 0.1) is 17.3 Å². The van der Waals surface area contributed by atoms with Crippen molar-refractivity contribution in [3.8, 4) is 6.07 Å². The molecule has 1 aliphatic rings. The highest BCUT2D eigenvalue weighted by Gasteiger charge is 2.39. The molecule has 1 saturated heterocycles. The first kappa shape index (κ1) is 14.6. The molecular formula is C14H13F4N2. The molecule has 2 nitrogen and oxygen atoms in total. The van der Waals surface area contributed by atoms with E-state index >= 15 is 0 Å². The molecule has 107 valence electrons. The number of alkyl halides is 3. The summed E-state index contributed by atoms with van der Waals surface area (Å²) in [7, 11) is 0. The van der Waals surface area contributed by atoms with E-state index in [1.807, 2.05) is 6.92 Å². The average molecular weight is 285 g/mol. The highest BCUT2D eigenvalue weighted by Crippen LogP contribution is 2.38. The molecule has 1 fully saturated rings. The van der Waals surface area contributed by atoms with Gasteiger partial charge < -0.3 is 4.90 Å². The van der Waals surface area contributed by atoms with E-state index in [1.165, 1.54) is 12.1 Å². The number of hydrogen-bond acceptors (Lipinski definition) is 2. The Morgan fingerprint density at radius 1 is 1.35 bits per heavy atom. The maximum atomic E-state index is 14.2. The molecule has 1 aromatic rings. The third-order valence-electron chi connectivity index (χ3n) is 3.34. The molecule has 1 unspecified atom stereocenters. The van der Waals surface area contributed by atoms with Crippen LogP contribution in [-0.2, 0) is 6.18 Å². The molecule has 0 aliphatic carbocycles. The molecule has 6 heteroatoms. The van der Waals surface area contributed by atoms with Crippen molar-refractivity contribution in [3.05, 3.63) is 35.5 Å². The summed E-state index contributed by atoms with van der Waals surface area (Å²) in [5, 5.41) is 8.71. The fourth-order valence-electron chi connectivity index (χ4n) is 2.43. The second-order valence-electron chi connectivity index (χ2n) is 4.88. The zero-order chi connectivity index (χ0) is 14.9. The minimum atomic E-state index is -4.88. The zero-order valence-electron chi connectivity index (χ0n) is 10.8. The Kier molecular flexibility index (Phi) is 3.89. The summed E-state index contributed by atoms with van der Waals surface area (Å²) in [6.45, 7) is 2.88. The van der Waals surface area contributed by atoms with Crippen molar-refractivity contribution in [2.75, 3.05) is 18.0 Å². The molecule has 1 heterocycles. The third kappa shape index (κ3) is 2.72. The number of nitriles is 1. The third-order valence-corrected chi connectivity index (χ3v) is 3.34. The first-order chi connectivity index (χ1) is 9.34. The summed E-state index contributed by atoms with van der Waals surface area (Å²) in [5.74, 6) is -1.17. The van der Waals surface area contributed by atoms with E-state index in [-0.39, 0.29) is 11.6 Å². The van der Waals surface area contributed by atoms with Crippen LogP contribution in [0.3, 0.4) is 0 Å². The summed E-state index contributed by atoms with van der Waals surface area (Å²) < 4.78 is 52.9. The van der Waals surface area contributed by atoms with Gasteiger partial charge in [0.25, 0.3) is 0 Å². The maximum absolute atomic E-state index is 14.2. The van der Waals surface area contributed by atoms with Crippen molar-refractivity contribution in [1.82, 2.24) is 0 Å². The largest absolute Gasteiger partial charge is 0.420 e. The van der Waals surface area contributed by atoms with Crippen molar-refractivity contribution in [1.29, 1.82) is 5.26 Å². The summed E-state index contributed by atoms with van der Waals surface area (Å²) >= 11 is 0. The fraction of sp³-hybridized carbons (Fsp3) is 0.429. The molecule has 0 bridgehead atoms. The van der Waals surface area contributed by atoms with Crippen molar-refractivity contribution in [3.63, 3.8) is 0 Å². The number of benzene rings is 1. The number of nitrogens with zero attached hydrogens (tertiary/aromatic N) is 2. The normalized spacial score (nSPS) is 19.8. The van der Waals surface area contributed by atoms with Crippen LogP contribution in [0.15, 0.2) is 12.1 Å². The predicted molar refractivity (Wildman–Crippen MR) is 66.4 cm³/mol. The van der Waals surface area contributed by atoms with E-state index < -0.39 is 23.1 Å². The van der Waals surface area contributed by atoms with Gasteiger partial charge in [0.1, 0.15) is 5.56 Å². The van der Waals surface area contributed by atoms with Crippen LogP contribution in [0.4, 0.5) is 23.2 Å². The lowest BCUT2D eigenvalue weighted by molar-refractivity contribution is -0.140. The monoisotopic (exact) mass is 285 g/mol. The minimum Gasteiger partial charge on any atom is -0.369 e. The van der Waals surface area contributed by atoms with Gasteiger partial charge in [-0.3, -0.25) is 0 Å². The Morgan fingerprint density at radius 2 is 2.05 bits per heavy atom. The van der Waals surface area contributed by atoms with E-state index in [0.717, 1.165) is 6.07 Å². The number of hydrogen-bond donors (Lipinski definition) is 0. The smallest absolute Gasteiger partial charge is 0.369 e. The van der Waals surface area contributed by atoms with Crippen LogP contribution in [-0.4, -0.2) is 13.1 Å². The summed E-state index contributed by atoms with van der Waals surface area (Å²) in [6.07, 6.45) is -2.12. The van der Waals surface area contributed by atoms with E-state index in [1.54, 1.807) is 4.90 Å². The molecule has 1 aromatic carbocycles. The average Bonchev–Trinajstić information content (AvgIpc) is 2.36. The van der Waals surface area contributed by atoms with Gasteiger partial charge in [-0.2, -0.15) is 18.4 Å². The van der Waals surface area contributed by atoms with Crippen LogP contribution in [0.1, 0.15) is 24.5 Å². The van der Waals surface area contributed by atoms with Crippen LogP contribution in [0, 0.1) is 29.5 Å². The molecule has 0 N–H and O–H groups in total. The lowest BCUT2D eigenvalue weighted by atomic mass is 9.98. The first-order valence-electron chi connectivity index (χ1n) is 6.22. The SMILES string of the molecule is CC1[CH]CCN(c2ccc(C#N)c(C(F)(F)F)c2F)C1. The van der Waals surface area contributed by atoms with Crippen LogP contribution in [0.2, 0.25) is 0 Å². The summed E-state index contributed by atoms with van der Waals surface area (Å²) in [6, 6.07) is 3.68. The maximum Gasteiger partial charge on any atom is 0.420 e. The predicted octanol–water partition coefficient (Wildman–Crippen LogP) is 3.77. The molecule has 1 atom stereocenters. The van der Waals surface area contributed by atoms with Crippen molar-refractivity contribution >= 4 is 5.69 Å². The standard InChI is InChI=1S/C14H13F4N2/c1-9-3-2-6-20(8-9)11-5-4-10(7-19)12(13(11)15)14(16,17)18/h3-5,9H,2,6,8H2,1H3. The molecule has 0 spiro atoms. The van der Waals surface area contributed by atoms with Crippen molar-refractivity contribution in [2.45, 2.75) is 19.5 Å². The lowest BCUT2D eigenvalue weighted by Gasteiger charge is -2.33. The van der Waals surface area contributed by atoms with E-state index in [4.69, 9.17) is 5.26 Å². The van der Waals surface area contributed by atoms with Gasteiger partial charge in [-0.05, 0) is 30.9 Å². The van der Waals surface area contributed by atoms with Gasteiger partial charge in [-0.1, -0.05) is 6.92 Å². The van der Waals surface area contributed by atoms with Gasteiger partial charge >= 0.3 is 6.18 Å². The van der Waals surface area contributed by atoms with E-state index in [0.29, 0.717) is 19.5 Å². The minimum absolute atomic E-state index is 0.0868. The first-order valence-corrected chi connectivity index (χ1v) is 6.22. The van der Waals surface area contributed by atoms with Crippen molar-refractivity contribution in [2.24, 2.45) is 5.92 Å². The summed E-state index contributed by atoms with van der Waals surface area (Å²) in [5.41, 5.74) is -2.24. The van der Waals surface area contributed by atoms with Crippen LogP contribution in [0.25, 0.3) is 0 Å². The lowest BCUT2D eigenvalue weighted by Crippen LogP contribution is -2.35. The van der Waals surface area contributed by atoms with Gasteiger partial charge in [0.15, 0.2) is 5.82 Å². The Bertz CT molecular complexity index is 545. The van der Waals surface area contributed by atoms with E-state index in [9.17, 15) is 17.6 Å². The summed E-state index contributed by atoms with van der Waals surface area (Å²) in [4.78, 5) is 1.59. The van der Waals surface area contributed by atoms with Crippen LogP contribution >= 0.6 is 0 Å². The fourth-order valence-corrected chi connectivity index (χ4v) is 2.43. The number of rotatable bonds is 1. The molecule has 0 aromatic heterocycles. The molecule has 1 aliphatic heterocycles. The Morgan fingerprint density at radius 3 is 2.60 bits per heavy atom. The van der Waals surface area contributed by atoms with E-state index in [2.05, 4.69) is 6.42 Å². The van der Waals surface area contributed by atoms with Crippen LogP contribution < -0.4 is 4.90 Å². The quantitative estimate of drug-likeness (QED) is 0.734. The molecule has 0 amide bonds. The van der Waals surface area contributed by atoms with Gasteiger partial charge in [-0.15, -0.1) is 0 Å². The molecular weight excluding hydrogens is 272 g/mol. The number of halogens is 4.